The van der Waals surface area contributed by atoms with Crippen molar-refractivity contribution < 1.29 is 21.6 Å². The highest BCUT2D eigenvalue weighted by atomic mass is 32.2. The highest BCUT2D eigenvalue weighted by Gasteiger charge is 2.23. The molecule has 1 aliphatic heterocycles. The van der Waals surface area contributed by atoms with Gasteiger partial charge in [-0.1, -0.05) is 6.92 Å². The molecule has 0 atom stereocenters. The van der Waals surface area contributed by atoms with E-state index in [1.54, 1.807) is 17.0 Å². The normalized spacial score (nSPS) is 14.7. The second-order valence-electron chi connectivity index (χ2n) is 6.93. The Morgan fingerprint density at radius 2 is 1.67 bits per heavy atom. The van der Waals surface area contributed by atoms with Gasteiger partial charge in [0.25, 0.3) is 10.0 Å². The van der Waals surface area contributed by atoms with Crippen LogP contribution < -0.4 is 20.1 Å². The van der Waals surface area contributed by atoms with Crippen LogP contribution in [0, 0.1) is 0 Å². The summed E-state index contributed by atoms with van der Waals surface area (Å²) in [5.74, 6) is 0.00943. The molecule has 2 aromatic carbocycles. The molecule has 9 nitrogen and oxygen atoms in total. The lowest BCUT2D eigenvalue weighted by molar-refractivity contribution is -0.117. The van der Waals surface area contributed by atoms with Crippen molar-refractivity contribution in [2.24, 2.45) is 5.14 Å². The fraction of sp³-hybridized carbons (Fsp3) is 0.316. The number of rotatable bonds is 8. The number of carbonyl (C=O) groups is 1. The predicted molar refractivity (Wildman–Crippen MR) is 115 cm³/mol. The molecule has 1 amide bonds. The van der Waals surface area contributed by atoms with Gasteiger partial charge in [0.15, 0.2) is 0 Å². The van der Waals surface area contributed by atoms with E-state index in [9.17, 15) is 21.6 Å². The van der Waals surface area contributed by atoms with Gasteiger partial charge in [-0.25, -0.2) is 22.0 Å². The average molecular weight is 453 g/mol. The summed E-state index contributed by atoms with van der Waals surface area (Å²) >= 11 is 0. The Kier molecular flexibility index (Phi) is 6.34. The van der Waals surface area contributed by atoms with E-state index in [1.807, 2.05) is 6.92 Å². The van der Waals surface area contributed by atoms with Crippen molar-refractivity contribution in [1.29, 1.82) is 0 Å². The van der Waals surface area contributed by atoms with Crippen molar-refractivity contribution in [3.63, 3.8) is 0 Å². The zero-order valence-electron chi connectivity index (χ0n) is 16.5. The van der Waals surface area contributed by atoms with E-state index in [1.165, 1.54) is 30.3 Å². The number of nitrogens with two attached hydrogens (primary N) is 1. The van der Waals surface area contributed by atoms with Gasteiger partial charge in [-0.05, 0) is 55.3 Å². The van der Waals surface area contributed by atoms with E-state index in [0.29, 0.717) is 30.9 Å². The van der Waals surface area contributed by atoms with E-state index in [0.717, 1.165) is 12.8 Å². The van der Waals surface area contributed by atoms with Gasteiger partial charge < -0.3 is 10.2 Å². The van der Waals surface area contributed by atoms with Crippen LogP contribution in [0.2, 0.25) is 0 Å². The third kappa shape index (κ3) is 4.91. The molecule has 1 fully saturated rings. The first kappa shape index (κ1) is 22.1. The third-order valence-electron chi connectivity index (χ3n) is 4.66. The Morgan fingerprint density at radius 3 is 2.23 bits per heavy atom. The van der Waals surface area contributed by atoms with Crippen LogP contribution in [-0.2, 0) is 24.8 Å². The second-order valence-corrected chi connectivity index (χ2v) is 10.2. The van der Waals surface area contributed by atoms with Gasteiger partial charge in [-0.2, -0.15) is 0 Å². The molecule has 0 saturated carbocycles. The summed E-state index contributed by atoms with van der Waals surface area (Å²) in [7, 11) is -8.01. The average Bonchev–Trinajstić information content (AvgIpc) is 3.12. The fourth-order valence-electron chi connectivity index (χ4n) is 3.13. The van der Waals surface area contributed by atoms with Crippen molar-refractivity contribution >= 4 is 43.0 Å². The monoisotopic (exact) mass is 452 g/mol. The topological polar surface area (TPSA) is 139 Å². The Labute approximate surface area is 176 Å². The number of sulfonamides is 2. The van der Waals surface area contributed by atoms with Gasteiger partial charge in [-0.3, -0.25) is 9.52 Å². The molecule has 1 aliphatic rings. The van der Waals surface area contributed by atoms with Crippen LogP contribution in [-0.4, -0.2) is 35.8 Å². The molecule has 1 heterocycles. The summed E-state index contributed by atoms with van der Waals surface area (Å²) in [5.41, 5.74) is 1.15. The Balaban J connectivity index is 1.90. The number of anilines is 3. The molecule has 0 aromatic heterocycles. The first-order chi connectivity index (χ1) is 14.1. The maximum Gasteiger partial charge on any atom is 0.261 e. The van der Waals surface area contributed by atoms with E-state index >= 15 is 0 Å². The van der Waals surface area contributed by atoms with E-state index in [-0.39, 0.29) is 21.4 Å². The molecule has 11 heteroatoms. The van der Waals surface area contributed by atoms with Crippen molar-refractivity contribution in [1.82, 2.24) is 0 Å². The fourth-order valence-corrected chi connectivity index (χ4v) is 4.74. The number of hydrogen-bond donors (Lipinski definition) is 3. The number of primary sulfonamides is 1. The Morgan fingerprint density at radius 1 is 1.00 bits per heavy atom. The summed E-state index contributed by atoms with van der Waals surface area (Å²) in [6.07, 6.45) is 2.05. The number of carbonyl (C=O) groups excluding carboxylic acids is 1. The first-order valence-corrected chi connectivity index (χ1v) is 12.5. The summed E-state index contributed by atoms with van der Waals surface area (Å²) in [6.45, 7) is 3.13. The van der Waals surface area contributed by atoms with Crippen LogP contribution in [0.15, 0.2) is 52.3 Å². The molecule has 2 aromatic rings. The zero-order chi connectivity index (χ0) is 21.9. The standard InChI is InChI=1S/C19H24N4O5S2/c1-2-11-21-17-10-9-16(29(20,25)26)13-18(17)22-30(27,28)15-7-5-14(6-8-15)23-12-3-4-19(23)24/h5-10,13,21-22H,2-4,11-12H2,1H3,(H2,20,25,26). The van der Waals surface area contributed by atoms with Gasteiger partial charge in [0.05, 0.1) is 21.2 Å². The largest absolute Gasteiger partial charge is 0.383 e. The molecule has 0 unspecified atom stereocenters. The molecular weight excluding hydrogens is 428 g/mol. The highest BCUT2D eigenvalue weighted by Crippen LogP contribution is 2.29. The molecular formula is C19H24N4O5S2. The smallest absolute Gasteiger partial charge is 0.261 e. The van der Waals surface area contributed by atoms with Crippen molar-refractivity contribution in [3.05, 3.63) is 42.5 Å². The van der Waals surface area contributed by atoms with E-state index in [2.05, 4.69) is 10.0 Å². The van der Waals surface area contributed by atoms with Crippen molar-refractivity contribution in [2.45, 2.75) is 36.0 Å². The van der Waals surface area contributed by atoms with Crippen LogP contribution in [0.25, 0.3) is 0 Å². The molecule has 3 rings (SSSR count). The van der Waals surface area contributed by atoms with E-state index < -0.39 is 20.0 Å². The Bertz CT molecular complexity index is 1150. The van der Waals surface area contributed by atoms with Crippen LogP contribution in [0.5, 0.6) is 0 Å². The quantitative estimate of drug-likeness (QED) is 0.560. The van der Waals surface area contributed by atoms with E-state index in [4.69, 9.17) is 5.14 Å². The second kappa shape index (κ2) is 8.62. The molecule has 0 spiro atoms. The van der Waals surface area contributed by atoms with Gasteiger partial charge >= 0.3 is 0 Å². The molecule has 30 heavy (non-hydrogen) atoms. The molecule has 0 aliphatic carbocycles. The summed E-state index contributed by atoms with van der Waals surface area (Å²) in [6, 6.07) is 9.94. The number of nitrogens with zero attached hydrogens (tertiary/aromatic N) is 1. The number of amides is 1. The summed E-state index contributed by atoms with van der Waals surface area (Å²) in [5, 5.41) is 8.24. The number of benzene rings is 2. The summed E-state index contributed by atoms with van der Waals surface area (Å²) < 4.78 is 51.6. The van der Waals surface area contributed by atoms with Gasteiger partial charge in [-0.15, -0.1) is 0 Å². The maximum atomic E-state index is 12.9. The van der Waals surface area contributed by atoms with Gasteiger partial charge in [0, 0.05) is 25.2 Å². The minimum atomic E-state index is -4.01. The lowest BCUT2D eigenvalue weighted by Crippen LogP contribution is -2.23. The molecule has 0 radical (unpaired) electrons. The minimum Gasteiger partial charge on any atom is -0.383 e. The van der Waals surface area contributed by atoms with Crippen molar-refractivity contribution in [3.8, 4) is 0 Å². The SMILES string of the molecule is CCCNc1ccc(S(N)(=O)=O)cc1NS(=O)(=O)c1ccc(N2CCCC2=O)cc1. The predicted octanol–water partition coefficient (Wildman–Crippen LogP) is 2.08. The van der Waals surface area contributed by atoms with Crippen LogP contribution >= 0.6 is 0 Å². The number of hydrogen-bond acceptors (Lipinski definition) is 6. The summed E-state index contributed by atoms with van der Waals surface area (Å²) in [4.78, 5) is 13.3. The van der Waals surface area contributed by atoms with Gasteiger partial charge in [0.1, 0.15) is 0 Å². The number of nitrogens with one attached hydrogen (secondary N) is 2. The molecule has 4 N–H and O–H groups in total. The molecule has 0 bridgehead atoms. The van der Waals surface area contributed by atoms with Gasteiger partial charge in [0.2, 0.25) is 15.9 Å². The zero-order valence-corrected chi connectivity index (χ0v) is 18.1. The third-order valence-corrected chi connectivity index (χ3v) is 6.95. The Hall–Kier alpha value is -2.63. The lowest BCUT2D eigenvalue weighted by atomic mass is 10.2. The van der Waals surface area contributed by atoms with Crippen LogP contribution in [0.3, 0.4) is 0 Å². The maximum absolute atomic E-state index is 12.9. The van der Waals surface area contributed by atoms with Crippen molar-refractivity contribution in [2.75, 3.05) is 28.0 Å². The highest BCUT2D eigenvalue weighted by molar-refractivity contribution is 7.92. The van der Waals surface area contributed by atoms with Crippen LogP contribution in [0.4, 0.5) is 17.1 Å². The molecule has 1 saturated heterocycles. The van der Waals surface area contributed by atoms with Crippen LogP contribution in [0.1, 0.15) is 26.2 Å². The minimum absolute atomic E-state index is 0.00943. The lowest BCUT2D eigenvalue weighted by Gasteiger charge is -2.17. The molecule has 162 valence electrons. The first-order valence-electron chi connectivity index (χ1n) is 9.46.